The van der Waals surface area contributed by atoms with Crippen LogP contribution in [0.4, 0.5) is 11.4 Å². The Hall–Kier alpha value is -3.09. The second kappa shape index (κ2) is 9.41. The zero-order valence-electron chi connectivity index (χ0n) is 18.5. The molecular formula is C24H24N4O3S2. The minimum Gasteiger partial charge on any atom is -0.384 e. The van der Waals surface area contributed by atoms with Gasteiger partial charge in [0, 0.05) is 34.7 Å². The minimum atomic E-state index is -0.515. The van der Waals surface area contributed by atoms with Gasteiger partial charge in [-0.2, -0.15) is 5.26 Å². The number of carbonyl (C=O) groups excluding carboxylic acids is 1. The predicted molar refractivity (Wildman–Crippen MR) is 131 cm³/mol. The van der Waals surface area contributed by atoms with E-state index in [1.165, 1.54) is 17.0 Å². The lowest BCUT2D eigenvalue weighted by Gasteiger charge is -2.39. The number of nitrogens with two attached hydrogens (primary N) is 1. The monoisotopic (exact) mass is 480 g/mol. The number of non-ortho nitro benzene ring substituents is 1. The highest BCUT2D eigenvalue weighted by atomic mass is 32.2. The van der Waals surface area contributed by atoms with Gasteiger partial charge in [-0.3, -0.25) is 19.8 Å². The van der Waals surface area contributed by atoms with E-state index in [4.69, 9.17) is 5.73 Å². The van der Waals surface area contributed by atoms with Crippen LogP contribution in [0.5, 0.6) is 0 Å². The maximum absolute atomic E-state index is 13.3. The smallest absolute Gasteiger partial charge is 0.271 e. The highest BCUT2D eigenvalue weighted by Crippen LogP contribution is 2.50. The number of benzene rings is 1. The maximum Gasteiger partial charge on any atom is 0.271 e. The van der Waals surface area contributed by atoms with E-state index >= 15 is 0 Å². The Bertz CT molecular complexity index is 1240. The molecule has 170 valence electrons. The molecule has 2 aromatic rings. The van der Waals surface area contributed by atoms with Gasteiger partial charge in [0.25, 0.3) is 5.69 Å². The largest absolute Gasteiger partial charge is 0.384 e. The van der Waals surface area contributed by atoms with Crippen LogP contribution in [0.15, 0.2) is 57.2 Å². The third-order valence-corrected chi connectivity index (χ3v) is 8.40. The molecule has 0 saturated carbocycles. The van der Waals surface area contributed by atoms with Crippen molar-refractivity contribution >= 4 is 40.3 Å². The number of Topliss-reactive ketones (excluding diaryl/α,β-unsaturated/α-hetero) is 1. The van der Waals surface area contributed by atoms with E-state index < -0.39 is 10.8 Å². The number of nitriles is 1. The Balaban J connectivity index is 1.97. The fourth-order valence-electron chi connectivity index (χ4n) is 4.50. The van der Waals surface area contributed by atoms with Gasteiger partial charge in [0.05, 0.1) is 32.4 Å². The van der Waals surface area contributed by atoms with E-state index in [2.05, 4.69) is 26.0 Å². The summed E-state index contributed by atoms with van der Waals surface area (Å²) in [5.41, 5.74) is 9.62. The first-order chi connectivity index (χ1) is 15.9. The molecule has 4 rings (SSSR count). The van der Waals surface area contributed by atoms with Gasteiger partial charge < -0.3 is 5.73 Å². The zero-order valence-corrected chi connectivity index (χ0v) is 20.1. The van der Waals surface area contributed by atoms with Crippen molar-refractivity contribution in [1.29, 1.82) is 5.26 Å². The SMILES string of the molecule is CCSc1sc(CC)cc1[C@H]1C(C#N)=C(N)N(c2cccc([N+](=O)[O-])c2)C2=C1C(=O)CCC2. The van der Waals surface area contributed by atoms with Crippen LogP contribution < -0.4 is 10.6 Å². The molecule has 0 unspecified atom stereocenters. The molecule has 2 heterocycles. The molecular weight excluding hydrogens is 456 g/mol. The molecule has 9 heteroatoms. The molecule has 0 fully saturated rings. The molecule has 1 aliphatic carbocycles. The Morgan fingerprint density at radius 2 is 2.12 bits per heavy atom. The average molecular weight is 481 g/mol. The van der Waals surface area contributed by atoms with Crippen molar-refractivity contribution in [3.05, 3.63) is 73.6 Å². The molecule has 0 bridgehead atoms. The number of aryl methyl sites for hydroxylation is 1. The quantitative estimate of drug-likeness (QED) is 0.323. The third-order valence-electron chi connectivity index (χ3n) is 5.92. The van der Waals surface area contributed by atoms with Crippen LogP contribution in [0, 0.1) is 21.4 Å². The topological polar surface area (TPSA) is 113 Å². The molecule has 0 spiro atoms. The van der Waals surface area contributed by atoms with E-state index in [1.54, 1.807) is 40.1 Å². The Kier molecular flexibility index (Phi) is 6.58. The number of ketones is 1. The van der Waals surface area contributed by atoms with Gasteiger partial charge in [-0.05, 0) is 42.7 Å². The van der Waals surface area contributed by atoms with Gasteiger partial charge in [0.15, 0.2) is 5.78 Å². The molecule has 2 N–H and O–H groups in total. The van der Waals surface area contributed by atoms with Crippen LogP contribution in [0.2, 0.25) is 0 Å². The number of thioether (sulfide) groups is 1. The number of nitro groups is 1. The van der Waals surface area contributed by atoms with Crippen LogP contribution in [-0.2, 0) is 11.2 Å². The number of nitro benzene ring substituents is 1. The van der Waals surface area contributed by atoms with Gasteiger partial charge >= 0.3 is 0 Å². The fourth-order valence-corrected chi connectivity index (χ4v) is 6.88. The van der Waals surface area contributed by atoms with Crippen molar-refractivity contribution in [2.45, 2.75) is 49.7 Å². The van der Waals surface area contributed by atoms with E-state index in [-0.39, 0.29) is 17.3 Å². The summed E-state index contributed by atoms with van der Waals surface area (Å²) in [7, 11) is 0. The first-order valence-corrected chi connectivity index (χ1v) is 12.7. The van der Waals surface area contributed by atoms with Crippen molar-refractivity contribution in [3.8, 4) is 6.07 Å². The highest BCUT2D eigenvalue weighted by Gasteiger charge is 2.41. The lowest BCUT2D eigenvalue weighted by Crippen LogP contribution is -2.38. The zero-order chi connectivity index (χ0) is 23.7. The molecule has 1 aromatic carbocycles. The van der Waals surface area contributed by atoms with Crippen molar-refractivity contribution in [2.75, 3.05) is 10.7 Å². The summed E-state index contributed by atoms with van der Waals surface area (Å²) in [5.74, 6) is 0.601. The molecule has 1 aliphatic heterocycles. The second-order valence-corrected chi connectivity index (χ2v) is 10.5. The standard InChI is InChI=1S/C24H24N4O3S2/c1-3-16-12-17(24(33-16)32-4-2)21-18(13-25)23(26)27(19-9-6-10-20(29)22(19)21)14-7-5-8-15(11-14)28(30)31/h5,7-8,11-12,21H,3-4,6,9-10,26H2,1-2H3/t21-/m0/s1. The summed E-state index contributed by atoms with van der Waals surface area (Å²) in [6, 6.07) is 10.5. The molecule has 0 radical (unpaired) electrons. The average Bonchev–Trinajstić information content (AvgIpc) is 3.21. The summed E-state index contributed by atoms with van der Waals surface area (Å²) < 4.78 is 1.11. The Morgan fingerprint density at radius 1 is 1.33 bits per heavy atom. The number of hydrogen-bond donors (Lipinski definition) is 1. The molecule has 2 aliphatic rings. The summed E-state index contributed by atoms with van der Waals surface area (Å²) in [6.45, 7) is 4.17. The highest BCUT2D eigenvalue weighted by molar-refractivity contribution is 8.01. The van der Waals surface area contributed by atoms with E-state index in [0.29, 0.717) is 36.1 Å². The van der Waals surface area contributed by atoms with Crippen LogP contribution in [0.3, 0.4) is 0 Å². The molecule has 7 nitrogen and oxygen atoms in total. The lowest BCUT2D eigenvalue weighted by molar-refractivity contribution is -0.384. The third kappa shape index (κ3) is 4.05. The van der Waals surface area contributed by atoms with Crippen LogP contribution in [0.25, 0.3) is 0 Å². The van der Waals surface area contributed by atoms with Crippen molar-refractivity contribution in [1.82, 2.24) is 0 Å². The molecule has 0 amide bonds. The first kappa shape index (κ1) is 23.1. The fraction of sp³-hybridized carbons (Fsp3) is 0.333. The van der Waals surface area contributed by atoms with Gasteiger partial charge in [0.2, 0.25) is 0 Å². The predicted octanol–water partition coefficient (Wildman–Crippen LogP) is 5.64. The van der Waals surface area contributed by atoms with Crippen molar-refractivity contribution < 1.29 is 9.72 Å². The molecule has 1 atom stereocenters. The summed E-state index contributed by atoms with van der Waals surface area (Å²) in [4.78, 5) is 27.1. The Morgan fingerprint density at radius 3 is 2.79 bits per heavy atom. The molecule has 33 heavy (non-hydrogen) atoms. The number of nitrogens with zero attached hydrogens (tertiary/aromatic N) is 3. The number of anilines is 1. The number of rotatable bonds is 6. The first-order valence-electron chi connectivity index (χ1n) is 10.9. The number of allylic oxidation sites excluding steroid dienone is 3. The summed E-state index contributed by atoms with van der Waals surface area (Å²) in [5, 5.41) is 21.6. The maximum atomic E-state index is 13.3. The number of thiophene rings is 1. The summed E-state index contributed by atoms with van der Waals surface area (Å²) in [6.07, 6.45) is 2.57. The van der Waals surface area contributed by atoms with Gasteiger partial charge in [-0.25, -0.2) is 0 Å². The molecule has 0 saturated heterocycles. The van der Waals surface area contributed by atoms with Gasteiger partial charge in [-0.1, -0.05) is 19.9 Å². The van der Waals surface area contributed by atoms with Crippen molar-refractivity contribution in [2.24, 2.45) is 5.73 Å². The minimum absolute atomic E-state index is 0.00799. The van der Waals surface area contributed by atoms with Crippen LogP contribution in [0.1, 0.15) is 49.5 Å². The van der Waals surface area contributed by atoms with E-state index in [9.17, 15) is 20.2 Å². The summed E-state index contributed by atoms with van der Waals surface area (Å²) >= 11 is 3.41. The van der Waals surface area contributed by atoms with Gasteiger partial charge in [0.1, 0.15) is 5.82 Å². The van der Waals surface area contributed by atoms with E-state index in [1.807, 2.05) is 0 Å². The van der Waals surface area contributed by atoms with Crippen LogP contribution >= 0.6 is 23.1 Å². The number of carbonyl (C=O) groups is 1. The normalized spacial score (nSPS) is 18.4. The van der Waals surface area contributed by atoms with Crippen molar-refractivity contribution in [3.63, 3.8) is 0 Å². The number of hydrogen-bond acceptors (Lipinski definition) is 8. The van der Waals surface area contributed by atoms with Gasteiger partial charge in [-0.15, -0.1) is 23.1 Å². The second-order valence-electron chi connectivity index (χ2n) is 7.84. The lowest BCUT2D eigenvalue weighted by atomic mass is 9.76. The van der Waals surface area contributed by atoms with Crippen LogP contribution in [-0.4, -0.2) is 16.5 Å². The molecule has 1 aromatic heterocycles. The van der Waals surface area contributed by atoms with E-state index in [0.717, 1.165) is 27.6 Å². The Labute approximate surface area is 200 Å².